The van der Waals surface area contributed by atoms with Crippen molar-refractivity contribution in [3.8, 4) is 0 Å². The molecule has 0 aliphatic heterocycles. The van der Waals surface area contributed by atoms with Gasteiger partial charge in [-0.05, 0) is 30.0 Å². The summed E-state index contributed by atoms with van der Waals surface area (Å²) < 4.78 is 1.72. The van der Waals surface area contributed by atoms with E-state index in [1.165, 1.54) is 17.8 Å². The van der Waals surface area contributed by atoms with Crippen molar-refractivity contribution >= 4 is 17.4 Å². The Kier molecular flexibility index (Phi) is 5.23. The van der Waals surface area contributed by atoms with Crippen LogP contribution in [0.4, 0.5) is 5.69 Å². The SMILES string of the molecule is CNCCn1nnnc1SCc1cccc([N+](=O)[O-])c1C. The van der Waals surface area contributed by atoms with Crippen LogP contribution < -0.4 is 5.32 Å². The first kappa shape index (κ1) is 15.4. The fraction of sp³-hybridized carbons (Fsp3) is 0.417. The highest BCUT2D eigenvalue weighted by Gasteiger charge is 2.14. The smallest absolute Gasteiger partial charge is 0.272 e. The van der Waals surface area contributed by atoms with Gasteiger partial charge in [0.25, 0.3) is 5.69 Å². The number of thioether (sulfide) groups is 1. The normalized spacial score (nSPS) is 10.8. The number of tetrazole rings is 1. The highest BCUT2D eigenvalue weighted by molar-refractivity contribution is 7.98. The third-order valence-electron chi connectivity index (χ3n) is 3.04. The van der Waals surface area contributed by atoms with Crippen LogP contribution in [0.15, 0.2) is 23.4 Å². The van der Waals surface area contributed by atoms with Gasteiger partial charge in [-0.25, -0.2) is 4.68 Å². The molecule has 112 valence electrons. The van der Waals surface area contributed by atoms with Crippen molar-refractivity contribution in [2.75, 3.05) is 13.6 Å². The molecule has 0 spiro atoms. The molecule has 2 rings (SSSR count). The number of likely N-dealkylation sites (N-methyl/N-ethyl adjacent to an activating group) is 1. The molecule has 0 amide bonds. The van der Waals surface area contributed by atoms with Crippen molar-refractivity contribution in [1.29, 1.82) is 0 Å². The summed E-state index contributed by atoms with van der Waals surface area (Å²) in [6.45, 7) is 3.21. The zero-order valence-corrected chi connectivity index (χ0v) is 12.6. The quantitative estimate of drug-likeness (QED) is 0.469. The van der Waals surface area contributed by atoms with Gasteiger partial charge >= 0.3 is 0 Å². The first-order valence-electron chi connectivity index (χ1n) is 6.40. The third-order valence-corrected chi connectivity index (χ3v) is 4.05. The third kappa shape index (κ3) is 3.76. The van der Waals surface area contributed by atoms with Crippen LogP contribution in [0, 0.1) is 17.0 Å². The number of nitrogens with one attached hydrogen (secondary N) is 1. The minimum Gasteiger partial charge on any atom is -0.318 e. The van der Waals surface area contributed by atoms with Crippen LogP contribution in [0.3, 0.4) is 0 Å². The summed E-state index contributed by atoms with van der Waals surface area (Å²) in [5.74, 6) is 0.591. The molecule has 0 bridgehead atoms. The number of hydrogen-bond donors (Lipinski definition) is 1. The second-order valence-electron chi connectivity index (χ2n) is 4.40. The van der Waals surface area contributed by atoms with Gasteiger partial charge in [-0.2, -0.15) is 0 Å². The molecule has 1 aromatic heterocycles. The zero-order chi connectivity index (χ0) is 15.2. The maximum atomic E-state index is 10.9. The molecule has 1 heterocycles. The fourth-order valence-corrected chi connectivity index (χ4v) is 2.79. The summed E-state index contributed by atoms with van der Waals surface area (Å²) >= 11 is 1.47. The number of aromatic nitrogens is 4. The maximum absolute atomic E-state index is 10.9. The Hall–Kier alpha value is -2.00. The van der Waals surface area contributed by atoms with Gasteiger partial charge in [-0.1, -0.05) is 23.9 Å². The molecular weight excluding hydrogens is 292 g/mol. The maximum Gasteiger partial charge on any atom is 0.272 e. The standard InChI is InChI=1S/C12H16N6O2S/c1-9-10(4-3-5-11(9)18(19)20)8-21-12-14-15-16-17(12)7-6-13-2/h3-5,13H,6-8H2,1-2H3. The summed E-state index contributed by atoms with van der Waals surface area (Å²) in [7, 11) is 1.86. The molecule has 0 atom stereocenters. The molecule has 0 saturated heterocycles. The molecule has 1 aromatic carbocycles. The molecule has 0 unspecified atom stereocenters. The van der Waals surface area contributed by atoms with Crippen LogP contribution in [-0.2, 0) is 12.3 Å². The van der Waals surface area contributed by atoms with Gasteiger partial charge in [0, 0.05) is 23.9 Å². The Bertz CT molecular complexity index is 630. The summed E-state index contributed by atoms with van der Waals surface area (Å²) in [5, 5.41) is 26.2. The van der Waals surface area contributed by atoms with Crippen LogP contribution in [-0.4, -0.2) is 38.7 Å². The second-order valence-corrected chi connectivity index (χ2v) is 5.34. The molecule has 0 radical (unpaired) electrons. The van der Waals surface area contributed by atoms with E-state index in [0.717, 1.165) is 12.1 Å². The number of nitro benzene ring substituents is 1. The zero-order valence-electron chi connectivity index (χ0n) is 11.8. The topological polar surface area (TPSA) is 98.8 Å². The van der Waals surface area contributed by atoms with Gasteiger partial charge in [0.05, 0.1) is 11.5 Å². The Labute approximate surface area is 126 Å². The minimum atomic E-state index is -0.361. The lowest BCUT2D eigenvalue weighted by Gasteiger charge is -2.06. The molecule has 2 aromatic rings. The summed E-state index contributed by atoms with van der Waals surface area (Å²) in [4.78, 5) is 10.6. The van der Waals surface area contributed by atoms with Gasteiger partial charge in [-0.15, -0.1) is 5.10 Å². The van der Waals surface area contributed by atoms with E-state index in [1.807, 2.05) is 13.1 Å². The predicted molar refractivity (Wildman–Crippen MR) is 79.1 cm³/mol. The van der Waals surface area contributed by atoms with E-state index in [0.29, 0.717) is 23.0 Å². The number of nitrogens with zero attached hydrogens (tertiary/aromatic N) is 5. The average molecular weight is 308 g/mol. The molecule has 9 heteroatoms. The number of nitro groups is 1. The van der Waals surface area contributed by atoms with Gasteiger partial charge in [-0.3, -0.25) is 10.1 Å². The van der Waals surface area contributed by atoms with E-state index in [9.17, 15) is 10.1 Å². The Balaban J connectivity index is 2.08. The van der Waals surface area contributed by atoms with Gasteiger partial charge in [0.1, 0.15) is 0 Å². The van der Waals surface area contributed by atoms with Gasteiger partial charge in [0.2, 0.25) is 5.16 Å². The predicted octanol–water partition coefficient (Wildman–Crippen LogP) is 1.40. The summed E-state index contributed by atoms with van der Waals surface area (Å²) in [6, 6.07) is 5.10. The van der Waals surface area contributed by atoms with Gasteiger partial charge in [0.15, 0.2) is 0 Å². The minimum absolute atomic E-state index is 0.142. The van der Waals surface area contributed by atoms with Crippen molar-refractivity contribution in [1.82, 2.24) is 25.5 Å². The van der Waals surface area contributed by atoms with E-state index >= 15 is 0 Å². The highest BCUT2D eigenvalue weighted by Crippen LogP contribution is 2.26. The first-order chi connectivity index (χ1) is 10.1. The van der Waals surface area contributed by atoms with E-state index in [4.69, 9.17) is 0 Å². The molecule has 21 heavy (non-hydrogen) atoms. The van der Waals surface area contributed by atoms with E-state index in [1.54, 1.807) is 17.7 Å². The molecule has 0 saturated carbocycles. The van der Waals surface area contributed by atoms with Crippen molar-refractivity contribution in [2.24, 2.45) is 0 Å². The molecule has 8 nitrogen and oxygen atoms in total. The van der Waals surface area contributed by atoms with Crippen LogP contribution in [0.25, 0.3) is 0 Å². The summed E-state index contributed by atoms with van der Waals surface area (Å²) in [6.07, 6.45) is 0. The van der Waals surface area contributed by atoms with Crippen molar-refractivity contribution in [2.45, 2.75) is 24.4 Å². The van der Waals surface area contributed by atoms with Crippen molar-refractivity contribution in [3.63, 3.8) is 0 Å². The Morgan fingerprint density at radius 3 is 3.00 bits per heavy atom. The molecule has 0 aliphatic carbocycles. The van der Waals surface area contributed by atoms with Gasteiger partial charge < -0.3 is 5.32 Å². The molecule has 1 N–H and O–H groups in total. The average Bonchev–Trinajstić information content (AvgIpc) is 2.91. The van der Waals surface area contributed by atoms with Crippen LogP contribution in [0.2, 0.25) is 0 Å². The van der Waals surface area contributed by atoms with E-state index in [-0.39, 0.29) is 10.6 Å². The summed E-state index contributed by atoms with van der Waals surface area (Å²) in [5.41, 5.74) is 1.74. The lowest BCUT2D eigenvalue weighted by molar-refractivity contribution is -0.385. The molecular formula is C12H16N6O2S. The Morgan fingerprint density at radius 1 is 1.48 bits per heavy atom. The monoisotopic (exact) mass is 308 g/mol. The van der Waals surface area contributed by atoms with Crippen LogP contribution in [0.5, 0.6) is 0 Å². The fourth-order valence-electron chi connectivity index (χ4n) is 1.82. The van der Waals surface area contributed by atoms with Crippen LogP contribution >= 0.6 is 11.8 Å². The van der Waals surface area contributed by atoms with E-state index in [2.05, 4.69) is 20.8 Å². The first-order valence-corrected chi connectivity index (χ1v) is 7.38. The van der Waals surface area contributed by atoms with Crippen molar-refractivity contribution in [3.05, 3.63) is 39.4 Å². The highest BCUT2D eigenvalue weighted by atomic mass is 32.2. The second kappa shape index (κ2) is 7.14. The largest absolute Gasteiger partial charge is 0.318 e. The number of hydrogen-bond acceptors (Lipinski definition) is 7. The number of benzene rings is 1. The lowest BCUT2D eigenvalue weighted by Crippen LogP contribution is -2.16. The number of rotatable bonds is 7. The van der Waals surface area contributed by atoms with Crippen LogP contribution in [0.1, 0.15) is 11.1 Å². The van der Waals surface area contributed by atoms with E-state index < -0.39 is 0 Å². The lowest BCUT2D eigenvalue weighted by atomic mass is 10.1. The molecule has 0 aliphatic rings. The van der Waals surface area contributed by atoms with Crippen molar-refractivity contribution < 1.29 is 4.92 Å². The molecule has 0 fully saturated rings. The Morgan fingerprint density at radius 2 is 2.29 bits per heavy atom.